The molecule has 0 bridgehead atoms. The van der Waals surface area contributed by atoms with E-state index in [0.29, 0.717) is 6.04 Å². The van der Waals surface area contributed by atoms with E-state index in [9.17, 15) is 4.79 Å². The molecule has 0 spiro atoms. The van der Waals surface area contributed by atoms with E-state index in [1.807, 2.05) is 6.20 Å². The molecule has 0 saturated carbocycles. The van der Waals surface area contributed by atoms with Crippen LogP contribution < -0.4 is 0 Å². The number of carbonyl (C=O) groups is 1. The van der Waals surface area contributed by atoms with Gasteiger partial charge in [0.25, 0.3) is 0 Å². The smallest absolute Gasteiger partial charge is 0.339 e. The van der Waals surface area contributed by atoms with Crippen molar-refractivity contribution in [1.82, 2.24) is 9.47 Å². The minimum absolute atomic E-state index is 0.196. The first kappa shape index (κ1) is 18.2. The first-order chi connectivity index (χ1) is 14.3. The first-order valence-corrected chi connectivity index (χ1v) is 10.4. The van der Waals surface area contributed by atoms with Crippen molar-refractivity contribution in [2.24, 2.45) is 0 Å². The van der Waals surface area contributed by atoms with Crippen LogP contribution in [-0.2, 0) is 17.7 Å². The van der Waals surface area contributed by atoms with Crippen LogP contribution in [-0.4, -0.2) is 29.1 Å². The van der Waals surface area contributed by atoms with Crippen molar-refractivity contribution < 1.29 is 9.53 Å². The number of hydrogen-bond acceptors (Lipinski definition) is 3. The minimum Gasteiger partial charge on any atom is -0.465 e. The number of rotatable bonds is 4. The van der Waals surface area contributed by atoms with Crippen molar-refractivity contribution in [3.05, 3.63) is 94.8 Å². The van der Waals surface area contributed by atoms with Crippen molar-refractivity contribution in [2.45, 2.75) is 37.9 Å². The number of benzene rings is 2. The zero-order valence-corrected chi connectivity index (χ0v) is 16.8. The Morgan fingerprint density at radius 2 is 1.76 bits per heavy atom. The maximum absolute atomic E-state index is 12.5. The van der Waals surface area contributed by atoms with Crippen molar-refractivity contribution in [2.75, 3.05) is 13.7 Å². The van der Waals surface area contributed by atoms with Crippen LogP contribution in [0.15, 0.2) is 66.9 Å². The molecule has 0 radical (unpaired) electrons. The lowest BCUT2D eigenvalue weighted by Gasteiger charge is -2.43. The van der Waals surface area contributed by atoms with Gasteiger partial charge >= 0.3 is 5.97 Å². The van der Waals surface area contributed by atoms with Crippen LogP contribution in [0.1, 0.15) is 57.7 Å². The molecule has 3 aromatic rings. The molecule has 2 aliphatic rings. The number of nitrogens with zero attached hydrogens (tertiary/aromatic N) is 2. The van der Waals surface area contributed by atoms with Crippen LogP contribution in [0.4, 0.5) is 0 Å². The molecular formula is C25H26N2O2. The minimum atomic E-state index is -0.219. The van der Waals surface area contributed by atoms with E-state index in [4.69, 9.17) is 4.74 Å². The Labute approximate surface area is 171 Å². The summed E-state index contributed by atoms with van der Waals surface area (Å²) in [7, 11) is 1.47. The van der Waals surface area contributed by atoms with E-state index < -0.39 is 0 Å². The molecule has 0 amide bonds. The third-order valence-corrected chi connectivity index (χ3v) is 6.40. The van der Waals surface area contributed by atoms with Gasteiger partial charge in [-0.2, -0.15) is 0 Å². The number of methoxy groups -OCH3 is 1. The zero-order chi connectivity index (χ0) is 19.8. The Kier molecular flexibility index (Phi) is 4.72. The molecule has 29 heavy (non-hydrogen) atoms. The second-order valence-electron chi connectivity index (χ2n) is 8.05. The van der Waals surface area contributed by atoms with E-state index in [2.05, 4.69) is 70.1 Å². The monoisotopic (exact) mass is 386 g/mol. The van der Waals surface area contributed by atoms with Crippen LogP contribution in [0.5, 0.6) is 0 Å². The average molecular weight is 386 g/mol. The summed E-state index contributed by atoms with van der Waals surface area (Å²) in [5.74, 6) is -0.219. The van der Waals surface area contributed by atoms with Crippen LogP contribution >= 0.6 is 0 Å². The summed E-state index contributed by atoms with van der Waals surface area (Å²) < 4.78 is 7.48. The predicted octanol–water partition coefficient (Wildman–Crippen LogP) is 4.76. The molecular weight excluding hydrogens is 360 g/mol. The van der Waals surface area contributed by atoms with Gasteiger partial charge in [-0.05, 0) is 36.0 Å². The average Bonchev–Trinajstić information content (AvgIpc) is 3.17. The van der Waals surface area contributed by atoms with Crippen molar-refractivity contribution >= 4 is 5.97 Å². The summed E-state index contributed by atoms with van der Waals surface area (Å²) in [6, 6.07) is 21.9. The van der Waals surface area contributed by atoms with Crippen LogP contribution in [0.2, 0.25) is 0 Å². The van der Waals surface area contributed by atoms with Gasteiger partial charge in [0.1, 0.15) is 0 Å². The van der Waals surface area contributed by atoms with E-state index in [1.165, 1.54) is 29.5 Å². The molecule has 0 fully saturated rings. The van der Waals surface area contributed by atoms with Crippen molar-refractivity contribution in [1.29, 1.82) is 0 Å². The molecule has 5 rings (SSSR count). The summed E-state index contributed by atoms with van der Waals surface area (Å²) in [4.78, 5) is 15.1. The highest BCUT2D eigenvalue weighted by Crippen LogP contribution is 2.44. The second-order valence-corrected chi connectivity index (χ2v) is 8.05. The highest BCUT2D eigenvalue weighted by Gasteiger charge is 2.39. The van der Waals surface area contributed by atoms with Crippen LogP contribution in [0.3, 0.4) is 0 Å². The third-order valence-electron chi connectivity index (χ3n) is 6.40. The molecule has 0 saturated heterocycles. The summed E-state index contributed by atoms with van der Waals surface area (Å²) >= 11 is 0. The SMILES string of the molecule is COC(=O)c1cn2c3c1CCC[C@@H]3N(Cc1ccccc1)C[C@H]2c1ccccc1. The molecule has 2 aromatic carbocycles. The maximum atomic E-state index is 12.5. The first-order valence-electron chi connectivity index (χ1n) is 10.4. The quantitative estimate of drug-likeness (QED) is 0.607. The van der Waals surface area contributed by atoms with E-state index >= 15 is 0 Å². The molecule has 4 heteroatoms. The molecule has 1 aliphatic carbocycles. The Bertz CT molecular complexity index is 1010. The molecule has 0 unspecified atom stereocenters. The van der Waals surface area contributed by atoms with Crippen LogP contribution in [0.25, 0.3) is 0 Å². The number of hydrogen-bond donors (Lipinski definition) is 0. The van der Waals surface area contributed by atoms with Gasteiger partial charge in [0.05, 0.1) is 24.8 Å². The summed E-state index contributed by atoms with van der Waals surface area (Å²) in [5, 5.41) is 0. The molecule has 1 aromatic heterocycles. The van der Waals surface area contributed by atoms with E-state index in [-0.39, 0.29) is 12.0 Å². The fraction of sp³-hybridized carbons (Fsp3) is 0.320. The van der Waals surface area contributed by atoms with E-state index in [0.717, 1.165) is 37.9 Å². The summed E-state index contributed by atoms with van der Waals surface area (Å²) in [6.07, 6.45) is 5.23. The molecule has 2 heterocycles. The van der Waals surface area contributed by atoms with Gasteiger partial charge < -0.3 is 9.30 Å². The maximum Gasteiger partial charge on any atom is 0.339 e. The van der Waals surface area contributed by atoms with Crippen molar-refractivity contribution in [3.8, 4) is 0 Å². The van der Waals surface area contributed by atoms with Gasteiger partial charge in [-0.25, -0.2) is 4.79 Å². The zero-order valence-electron chi connectivity index (χ0n) is 16.8. The lowest BCUT2D eigenvalue weighted by molar-refractivity contribution is 0.0599. The largest absolute Gasteiger partial charge is 0.465 e. The molecule has 0 N–H and O–H groups in total. The molecule has 2 atom stereocenters. The number of aromatic nitrogens is 1. The number of carbonyl (C=O) groups excluding carboxylic acids is 1. The molecule has 148 valence electrons. The molecule has 1 aliphatic heterocycles. The fourth-order valence-corrected chi connectivity index (χ4v) is 5.10. The van der Waals surface area contributed by atoms with Crippen LogP contribution in [0, 0.1) is 0 Å². The Balaban J connectivity index is 1.62. The second kappa shape index (κ2) is 7.53. The van der Waals surface area contributed by atoms with Gasteiger partial charge in [0.15, 0.2) is 0 Å². The number of ether oxygens (including phenoxy) is 1. The standard InChI is InChI=1S/C25H26N2O2/c1-29-25(28)21-16-27-23(19-11-6-3-7-12-19)17-26(15-18-9-4-2-5-10-18)22-14-8-13-20(21)24(22)27/h2-7,9-12,16,22-23H,8,13-15,17H2,1H3/t22-,23-/m0/s1. The van der Waals surface area contributed by atoms with E-state index in [1.54, 1.807) is 0 Å². The molecule has 4 nitrogen and oxygen atoms in total. The number of esters is 1. The Morgan fingerprint density at radius 3 is 2.48 bits per heavy atom. The summed E-state index contributed by atoms with van der Waals surface area (Å²) in [5.41, 5.74) is 5.86. The fourth-order valence-electron chi connectivity index (χ4n) is 5.10. The lowest BCUT2D eigenvalue weighted by atomic mass is 9.87. The van der Waals surface area contributed by atoms with Gasteiger partial charge in [-0.1, -0.05) is 60.7 Å². The highest BCUT2D eigenvalue weighted by atomic mass is 16.5. The van der Waals surface area contributed by atoms with Crippen molar-refractivity contribution in [3.63, 3.8) is 0 Å². The summed E-state index contributed by atoms with van der Waals surface area (Å²) in [6.45, 7) is 1.86. The third kappa shape index (κ3) is 3.18. The van der Waals surface area contributed by atoms with Gasteiger partial charge in [-0.15, -0.1) is 0 Å². The van der Waals surface area contributed by atoms with Gasteiger partial charge in [0, 0.05) is 25.0 Å². The highest BCUT2D eigenvalue weighted by molar-refractivity contribution is 5.91. The topological polar surface area (TPSA) is 34.5 Å². The normalized spacial score (nSPS) is 20.9. The predicted molar refractivity (Wildman–Crippen MR) is 113 cm³/mol. The van der Waals surface area contributed by atoms with Gasteiger partial charge in [-0.3, -0.25) is 4.90 Å². The Hall–Kier alpha value is -2.85. The van der Waals surface area contributed by atoms with Gasteiger partial charge in [0.2, 0.25) is 0 Å². The Morgan fingerprint density at radius 1 is 1.03 bits per heavy atom. The lowest BCUT2D eigenvalue weighted by Crippen LogP contribution is -2.42.